The maximum Gasteiger partial charge on any atom is 0.101 e. The van der Waals surface area contributed by atoms with E-state index >= 15 is 0 Å². The second kappa shape index (κ2) is 11.1. The lowest BCUT2D eigenvalue weighted by atomic mass is 9.89. The molecular formula is C22H39N5. The van der Waals surface area contributed by atoms with Gasteiger partial charge in [0.15, 0.2) is 0 Å². The molecule has 1 fully saturated rings. The van der Waals surface area contributed by atoms with Crippen LogP contribution >= 0.6 is 0 Å². The molecule has 1 aliphatic heterocycles. The Balaban J connectivity index is 2.10. The molecule has 0 aromatic carbocycles. The Hall–Kier alpha value is -1.91. The van der Waals surface area contributed by atoms with Gasteiger partial charge in [0, 0.05) is 64.1 Å². The number of amidine groups is 1. The van der Waals surface area contributed by atoms with E-state index in [0.29, 0.717) is 11.8 Å². The third-order valence-corrected chi connectivity index (χ3v) is 5.74. The minimum absolute atomic E-state index is 0.620. The third kappa shape index (κ3) is 6.33. The summed E-state index contributed by atoms with van der Waals surface area (Å²) in [5, 5.41) is 6.52. The first-order valence-electron chi connectivity index (χ1n) is 10.5. The van der Waals surface area contributed by atoms with Crippen molar-refractivity contribution >= 4 is 5.84 Å². The van der Waals surface area contributed by atoms with E-state index in [2.05, 4.69) is 65.4 Å². The zero-order chi connectivity index (χ0) is 19.6. The summed E-state index contributed by atoms with van der Waals surface area (Å²) in [7, 11) is 3.98. The van der Waals surface area contributed by atoms with Crippen LogP contribution in [-0.2, 0) is 0 Å². The van der Waals surface area contributed by atoms with E-state index in [1.807, 2.05) is 19.4 Å². The molecule has 5 heteroatoms. The zero-order valence-electron chi connectivity index (χ0n) is 18.0. The van der Waals surface area contributed by atoms with Crippen LogP contribution in [0, 0.1) is 11.8 Å². The van der Waals surface area contributed by atoms with Crippen LogP contribution in [0.15, 0.2) is 40.9 Å². The van der Waals surface area contributed by atoms with E-state index in [4.69, 9.17) is 0 Å². The van der Waals surface area contributed by atoms with Crippen LogP contribution in [0.1, 0.15) is 46.5 Å². The molecule has 0 aromatic heterocycles. The number of hydrogen-bond acceptors (Lipinski definition) is 4. The van der Waals surface area contributed by atoms with Crippen LogP contribution in [0.2, 0.25) is 0 Å². The predicted molar refractivity (Wildman–Crippen MR) is 116 cm³/mol. The van der Waals surface area contributed by atoms with E-state index in [1.54, 1.807) is 0 Å². The van der Waals surface area contributed by atoms with Gasteiger partial charge in [-0.3, -0.25) is 0 Å². The van der Waals surface area contributed by atoms with Gasteiger partial charge in [0.05, 0.1) is 0 Å². The van der Waals surface area contributed by atoms with Gasteiger partial charge in [0.25, 0.3) is 0 Å². The van der Waals surface area contributed by atoms with Gasteiger partial charge in [-0.25, -0.2) is 4.99 Å². The van der Waals surface area contributed by atoms with Gasteiger partial charge in [0.2, 0.25) is 0 Å². The summed E-state index contributed by atoms with van der Waals surface area (Å²) in [6, 6.07) is 0. The molecule has 0 amide bonds. The average molecular weight is 374 g/mol. The van der Waals surface area contributed by atoms with Crippen LogP contribution in [0.25, 0.3) is 0 Å². The molecule has 2 aliphatic rings. The van der Waals surface area contributed by atoms with Crippen LogP contribution in [-0.4, -0.2) is 55.9 Å². The Morgan fingerprint density at radius 2 is 1.96 bits per heavy atom. The van der Waals surface area contributed by atoms with Crippen molar-refractivity contribution in [2.24, 2.45) is 16.8 Å². The summed E-state index contributed by atoms with van der Waals surface area (Å²) in [5.74, 6) is 2.39. The fraction of sp³-hybridized carbons (Fsp3) is 0.682. The molecule has 0 radical (unpaired) electrons. The van der Waals surface area contributed by atoms with Crippen molar-refractivity contribution in [2.75, 3.05) is 40.3 Å². The first-order chi connectivity index (χ1) is 13.1. The summed E-state index contributed by atoms with van der Waals surface area (Å²) < 4.78 is 0. The molecule has 1 aliphatic carbocycles. The number of hydrogen-bond donors (Lipinski definition) is 2. The highest BCUT2D eigenvalue weighted by Crippen LogP contribution is 2.29. The third-order valence-electron chi connectivity index (χ3n) is 5.74. The monoisotopic (exact) mass is 373 g/mol. The van der Waals surface area contributed by atoms with Crippen molar-refractivity contribution in [2.45, 2.75) is 46.5 Å². The van der Waals surface area contributed by atoms with Crippen molar-refractivity contribution < 1.29 is 0 Å². The molecular weight excluding hydrogens is 334 g/mol. The molecule has 0 aromatic rings. The zero-order valence-corrected chi connectivity index (χ0v) is 18.0. The lowest BCUT2D eigenvalue weighted by molar-refractivity contribution is 0.206. The van der Waals surface area contributed by atoms with Crippen molar-refractivity contribution in [1.29, 1.82) is 0 Å². The van der Waals surface area contributed by atoms with Gasteiger partial charge in [-0.15, -0.1) is 0 Å². The van der Waals surface area contributed by atoms with Crippen molar-refractivity contribution in [3.63, 3.8) is 0 Å². The van der Waals surface area contributed by atoms with Gasteiger partial charge >= 0.3 is 0 Å². The highest BCUT2D eigenvalue weighted by molar-refractivity contribution is 5.80. The van der Waals surface area contributed by atoms with Gasteiger partial charge in [-0.2, -0.15) is 0 Å². The Labute approximate surface area is 166 Å². The topological polar surface area (TPSA) is 42.9 Å². The number of piperazine rings is 1. The number of nitrogens with one attached hydrogen (secondary N) is 2. The van der Waals surface area contributed by atoms with E-state index < -0.39 is 0 Å². The Morgan fingerprint density at radius 1 is 1.22 bits per heavy atom. The first kappa shape index (κ1) is 21.4. The molecule has 1 heterocycles. The van der Waals surface area contributed by atoms with Crippen LogP contribution in [0.4, 0.5) is 0 Å². The molecule has 0 spiro atoms. The quantitative estimate of drug-likeness (QED) is 0.439. The summed E-state index contributed by atoms with van der Waals surface area (Å²) in [5.41, 5.74) is 2.98. The Morgan fingerprint density at radius 3 is 2.59 bits per heavy atom. The molecule has 5 nitrogen and oxygen atoms in total. The lowest BCUT2D eigenvalue weighted by Gasteiger charge is -2.40. The summed E-state index contributed by atoms with van der Waals surface area (Å²) in [4.78, 5) is 9.54. The van der Waals surface area contributed by atoms with E-state index in [9.17, 15) is 0 Å². The normalized spacial score (nSPS) is 26.7. The fourth-order valence-electron chi connectivity index (χ4n) is 3.87. The predicted octanol–water partition coefficient (Wildman–Crippen LogP) is 3.55. The van der Waals surface area contributed by atoms with E-state index in [0.717, 1.165) is 44.9 Å². The smallest absolute Gasteiger partial charge is 0.101 e. The van der Waals surface area contributed by atoms with Crippen molar-refractivity contribution in [3.8, 4) is 0 Å². The second-order valence-corrected chi connectivity index (χ2v) is 7.86. The molecule has 0 bridgehead atoms. The number of aliphatic imine (C=N–C) groups is 1. The van der Waals surface area contributed by atoms with E-state index in [1.165, 1.54) is 24.2 Å². The standard InChI is InChI=1S/C22H39N5/c1-18(2)20-9-7-6-8-10-21(24-5)22(17-20)27-15-13-26(14-16-27)19(3)25-12-11-23-4/h7,9,11-12,18,20,23-24H,6,8,10,13-17H2,1-5H3/b9-7-,12-11-,22-21-,25-19?. The molecule has 1 saturated heterocycles. The average Bonchev–Trinajstić information content (AvgIpc) is 2.78. The summed E-state index contributed by atoms with van der Waals surface area (Å²) in [6.45, 7) is 11.0. The van der Waals surface area contributed by atoms with E-state index in [-0.39, 0.29) is 0 Å². The summed E-state index contributed by atoms with van der Waals surface area (Å²) in [6.07, 6.45) is 13.3. The van der Waals surface area contributed by atoms with Crippen LogP contribution in [0.5, 0.6) is 0 Å². The van der Waals surface area contributed by atoms with Gasteiger partial charge in [0.1, 0.15) is 5.84 Å². The maximum absolute atomic E-state index is 4.53. The number of allylic oxidation sites excluding steroid dienone is 4. The van der Waals surface area contributed by atoms with Crippen LogP contribution < -0.4 is 10.6 Å². The minimum atomic E-state index is 0.620. The minimum Gasteiger partial charge on any atom is -0.393 e. The fourth-order valence-corrected chi connectivity index (χ4v) is 3.87. The van der Waals surface area contributed by atoms with Crippen molar-refractivity contribution in [3.05, 3.63) is 35.9 Å². The number of rotatable bonds is 5. The number of nitrogens with zero attached hydrogens (tertiary/aromatic N) is 3. The molecule has 2 rings (SSSR count). The molecule has 1 unspecified atom stereocenters. The molecule has 152 valence electrons. The van der Waals surface area contributed by atoms with Crippen molar-refractivity contribution in [1.82, 2.24) is 20.4 Å². The summed E-state index contributed by atoms with van der Waals surface area (Å²) >= 11 is 0. The maximum atomic E-state index is 4.53. The second-order valence-electron chi connectivity index (χ2n) is 7.86. The molecule has 0 saturated carbocycles. The highest BCUT2D eigenvalue weighted by Gasteiger charge is 2.24. The molecule has 27 heavy (non-hydrogen) atoms. The first-order valence-corrected chi connectivity index (χ1v) is 10.5. The Kier molecular flexibility index (Phi) is 8.76. The van der Waals surface area contributed by atoms with Gasteiger partial charge in [-0.1, -0.05) is 26.0 Å². The highest BCUT2D eigenvalue weighted by atomic mass is 15.3. The largest absolute Gasteiger partial charge is 0.393 e. The lowest BCUT2D eigenvalue weighted by Crippen LogP contribution is -2.48. The Bertz CT molecular complexity index is 565. The molecule has 2 N–H and O–H groups in total. The van der Waals surface area contributed by atoms with Gasteiger partial charge < -0.3 is 20.4 Å². The van der Waals surface area contributed by atoms with Crippen LogP contribution in [0.3, 0.4) is 0 Å². The SMILES string of the molecule is CN/C=C\N=C(C)N1CCN(/C2=C(\NC)CCC/C=C\C(C(C)C)C2)CC1. The van der Waals surface area contributed by atoms with Gasteiger partial charge in [-0.05, 0) is 44.4 Å². The molecule has 1 atom stereocenters.